The number of hydrogen-bond donors (Lipinski definition) is 1. The van der Waals surface area contributed by atoms with Crippen molar-refractivity contribution in [1.29, 1.82) is 5.26 Å². The lowest BCUT2D eigenvalue weighted by molar-refractivity contribution is 0.867. The first-order valence-corrected chi connectivity index (χ1v) is 6.09. The fourth-order valence-electron chi connectivity index (χ4n) is 2.19. The Morgan fingerprint density at radius 1 is 1.38 bits per heavy atom. The average molecular weight is 230 g/mol. The summed E-state index contributed by atoms with van der Waals surface area (Å²) in [5, 5.41) is 10.9. The number of nitriles is 1. The zero-order valence-electron chi connectivity index (χ0n) is 9.66. The highest BCUT2D eigenvalue weighted by molar-refractivity contribution is 7.23. The summed E-state index contributed by atoms with van der Waals surface area (Å²) >= 11 is 1.50. The molecule has 1 aromatic carbocycles. The first kappa shape index (κ1) is 11.0. The molecule has 2 aromatic rings. The number of benzene rings is 1. The average Bonchev–Trinajstić information content (AvgIpc) is 2.53. The second kappa shape index (κ2) is 3.80. The van der Waals surface area contributed by atoms with Crippen molar-refractivity contribution in [1.82, 2.24) is 0 Å². The summed E-state index contributed by atoms with van der Waals surface area (Å²) in [5.41, 5.74) is 9.01. The van der Waals surface area contributed by atoms with Gasteiger partial charge in [-0.1, -0.05) is 19.9 Å². The zero-order valence-corrected chi connectivity index (χ0v) is 10.5. The molecule has 0 atom stereocenters. The maximum atomic E-state index is 9.18. The van der Waals surface area contributed by atoms with Crippen LogP contribution in [0.3, 0.4) is 0 Å². The van der Waals surface area contributed by atoms with Crippen molar-refractivity contribution in [3.63, 3.8) is 0 Å². The lowest BCUT2D eigenvalue weighted by Crippen LogP contribution is -1.94. The highest BCUT2D eigenvalue weighted by atomic mass is 32.1. The molecule has 0 amide bonds. The molecule has 1 aromatic heterocycles. The standard InChI is InChI=1S/C13H14N2S/c1-7(2)11-8(3)4-5-10-12(11)9(6-14)13(15)16-10/h4-5,7H,15H2,1-3H3. The summed E-state index contributed by atoms with van der Waals surface area (Å²) < 4.78 is 1.11. The van der Waals surface area contributed by atoms with Crippen molar-refractivity contribution in [3.8, 4) is 6.07 Å². The summed E-state index contributed by atoms with van der Waals surface area (Å²) in [6, 6.07) is 6.39. The molecule has 0 fully saturated rings. The van der Waals surface area contributed by atoms with Crippen LogP contribution in [0.5, 0.6) is 0 Å². The van der Waals surface area contributed by atoms with Crippen molar-refractivity contribution in [2.24, 2.45) is 0 Å². The van der Waals surface area contributed by atoms with E-state index >= 15 is 0 Å². The normalized spacial score (nSPS) is 10.9. The Balaban J connectivity index is 2.96. The second-order valence-corrected chi connectivity index (χ2v) is 5.36. The van der Waals surface area contributed by atoms with Gasteiger partial charge in [0.05, 0.1) is 5.56 Å². The van der Waals surface area contributed by atoms with Gasteiger partial charge in [0.1, 0.15) is 11.1 Å². The third-order valence-electron chi connectivity index (χ3n) is 2.83. The lowest BCUT2D eigenvalue weighted by Gasteiger charge is -2.11. The molecule has 0 bridgehead atoms. The van der Waals surface area contributed by atoms with E-state index < -0.39 is 0 Å². The molecule has 3 heteroatoms. The highest BCUT2D eigenvalue weighted by Gasteiger charge is 2.16. The van der Waals surface area contributed by atoms with Crippen LogP contribution in [0.1, 0.15) is 36.5 Å². The zero-order chi connectivity index (χ0) is 11.9. The van der Waals surface area contributed by atoms with E-state index in [4.69, 9.17) is 5.73 Å². The Labute approximate surface area is 99.3 Å². The fraction of sp³-hybridized carbons (Fsp3) is 0.308. The molecule has 82 valence electrons. The Hall–Kier alpha value is -1.53. The van der Waals surface area contributed by atoms with Gasteiger partial charge in [0.2, 0.25) is 0 Å². The van der Waals surface area contributed by atoms with Gasteiger partial charge in [-0.2, -0.15) is 5.26 Å². The molecule has 0 aliphatic heterocycles. The van der Waals surface area contributed by atoms with Crippen LogP contribution in [0.2, 0.25) is 0 Å². The van der Waals surface area contributed by atoms with Gasteiger partial charge in [-0.25, -0.2) is 0 Å². The minimum Gasteiger partial charge on any atom is -0.389 e. The molecule has 2 rings (SSSR count). The van der Waals surface area contributed by atoms with Crippen LogP contribution in [-0.4, -0.2) is 0 Å². The minimum atomic E-state index is 0.407. The highest BCUT2D eigenvalue weighted by Crippen LogP contribution is 2.39. The molecule has 0 unspecified atom stereocenters. The lowest BCUT2D eigenvalue weighted by atomic mass is 9.93. The van der Waals surface area contributed by atoms with E-state index in [-0.39, 0.29) is 0 Å². The number of hydrogen-bond acceptors (Lipinski definition) is 3. The van der Waals surface area contributed by atoms with E-state index in [9.17, 15) is 5.26 Å². The molecule has 1 heterocycles. The van der Waals surface area contributed by atoms with E-state index in [1.807, 2.05) is 0 Å². The quantitative estimate of drug-likeness (QED) is 0.810. The van der Waals surface area contributed by atoms with Crippen molar-refractivity contribution in [2.45, 2.75) is 26.7 Å². The van der Waals surface area contributed by atoms with Gasteiger partial charge >= 0.3 is 0 Å². The summed E-state index contributed by atoms with van der Waals surface area (Å²) in [5.74, 6) is 0.407. The Morgan fingerprint density at radius 3 is 2.62 bits per heavy atom. The van der Waals surface area contributed by atoms with E-state index in [0.29, 0.717) is 16.5 Å². The maximum Gasteiger partial charge on any atom is 0.105 e. The fourth-order valence-corrected chi connectivity index (χ4v) is 3.13. The van der Waals surface area contributed by atoms with Crippen LogP contribution in [0, 0.1) is 18.3 Å². The van der Waals surface area contributed by atoms with Gasteiger partial charge in [0.25, 0.3) is 0 Å². The maximum absolute atomic E-state index is 9.18. The number of fused-ring (bicyclic) bond motifs is 1. The van der Waals surface area contributed by atoms with Crippen molar-refractivity contribution in [2.75, 3.05) is 5.73 Å². The van der Waals surface area contributed by atoms with Gasteiger partial charge in [-0.3, -0.25) is 0 Å². The number of nitrogen functional groups attached to an aromatic ring is 1. The van der Waals surface area contributed by atoms with Gasteiger partial charge in [-0.15, -0.1) is 11.3 Å². The van der Waals surface area contributed by atoms with Crippen LogP contribution >= 0.6 is 11.3 Å². The Morgan fingerprint density at radius 2 is 2.06 bits per heavy atom. The minimum absolute atomic E-state index is 0.407. The van der Waals surface area contributed by atoms with Gasteiger partial charge in [0, 0.05) is 10.1 Å². The summed E-state index contributed by atoms with van der Waals surface area (Å²) in [7, 11) is 0. The van der Waals surface area contributed by atoms with Crippen molar-refractivity contribution >= 4 is 26.4 Å². The third kappa shape index (κ3) is 1.46. The van der Waals surface area contributed by atoms with E-state index in [1.165, 1.54) is 22.5 Å². The molecule has 0 aliphatic rings. The first-order chi connectivity index (χ1) is 7.56. The number of rotatable bonds is 1. The van der Waals surface area contributed by atoms with Gasteiger partial charge in [-0.05, 0) is 30.0 Å². The van der Waals surface area contributed by atoms with Crippen molar-refractivity contribution < 1.29 is 0 Å². The van der Waals surface area contributed by atoms with Crippen LogP contribution in [-0.2, 0) is 0 Å². The van der Waals surface area contributed by atoms with Crippen LogP contribution in [0.15, 0.2) is 12.1 Å². The molecule has 2 nitrogen and oxygen atoms in total. The van der Waals surface area contributed by atoms with Gasteiger partial charge < -0.3 is 5.73 Å². The topological polar surface area (TPSA) is 49.8 Å². The molecule has 0 saturated carbocycles. The van der Waals surface area contributed by atoms with Crippen LogP contribution in [0.4, 0.5) is 5.00 Å². The number of aryl methyl sites for hydroxylation is 1. The second-order valence-electron chi connectivity index (χ2n) is 4.28. The SMILES string of the molecule is Cc1ccc2sc(N)c(C#N)c2c1C(C)C. The first-order valence-electron chi connectivity index (χ1n) is 5.27. The molecule has 0 radical (unpaired) electrons. The predicted molar refractivity (Wildman–Crippen MR) is 69.8 cm³/mol. The number of nitrogens with two attached hydrogens (primary N) is 1. The van der Waals surface area contributed by atoms with E-state index in [0.717, 1.165) is 10.1 Å². The van der Waals surface area contributed by atoms with E-state index in [1.54, 1.807) is 0 Å². The number of nitrogens with zero attached hydrogens (tertiary/aromatic N) is 1. The molecular weight excluding hydrogens is 216 g/mol. The Bertz CT molecular complexity index is 588. The molecule has 0 spiro atoms. The summed E-state index contributed by atoms with van der Waals surface area (Å²) in [6.07, 6.45) is 0. The number of thiophene rings is 1. The molecular formula is C13H14N2S. The molecule has 0 saturated heterocycles. The summed E-state index contributed by atoms with van der Waals surface area (Å²) in [4.78, 5) is 0. The van der Waals surface area contributed by atoms with Crippen LogP contribution in [0.25, 0.3) is 10.1 Å². The van der Waals surface area contributed by atoms with Crippen molar-refractivity contribution in [3.05, 3.63) is 28.8 Å². The number of anilines is 1. The molecule has 0 aliphatic carbocycles. The van der Waals surface area contributed by atoms with Crippen LogP contribution < -0.4 is 5.73 Å². The predicted octanol–water partition coefficient (Wildman–Crippen LogP) is 3.79. The molecule has 2 N–H and O–H groups in total. The third-order valence-corrected chi connectivity index (χ3v) is 3.81. The van der Waals surface area contributed by atoms with Gasteiger partial charge in [0.15, 0.2) is 0 Å². The Kier molecular flexibility index (Phi) is 2.61. The monoisotopic (exact) mass is 230 g/mol. The smallest absolute Gasteiger partial charge is 0.105 e. The summed E-state index contributed by atoms with van der Waals surface area (Å²) in [6.45, 7) is 6.39. The molecule has 16 heavy (non-hydrogen) atoms. The largest absolute Gasteiger partial charge is 0.389 e. The van der Waals surface area contributed by atoms with E-state index in [2.05, 4.69) is 39.0 Å².